The molecule has 0 bridgehead atoms. The Kier molecular flexibility index (Phi) is 12.1. The number of hydrogen-bond donors (Lipinski definition) is 0. The van der Waals surface area contributed by atoms with Crippen molar-refractivity contribution in [2.24, 2.45) is 0 Å². The largest absolute Gasteiger partial charge is 1.00 e. The summed E-state index contributed by atoms with van der Waals surface area (Å²) >= 11 is 2.08. The van der Waals surface area contributed by atoms with Gasteiger partial charge in [-0.15, -0.1) is 81.2 Å². The van der Waals surface area contributed by atoms with Crippen LogP contribution in [0.2, 0.25) is 0 Å². The summed E-state index contributed by atoms with van der Waals surface area (Å²) in [7, 11) is 0. The zero-order valence-electron chi connectivity index (χ0n) is 19.4. The Bertz CT molecular complexity index is 1030. The first kappa shape index (κ1) is 28.8. The van der Waals surface area contributed by atoms with Gasteiger partial charge in [0.1, 0.15) is 0 Å². The molecule has 0 nitrogen and oxygen atoms in total. The summed E-state index contributed by atoms with van der Waals surface area (Å²) in [6, 6.07) is 17.8. The minimum Gasteiger partial charge on any atom is -1.00 e. The molecular formula is C27H32Cl2Ti-2. The van der Waals surface area contributed by atoms with E-state index in [4.69, 9.17) is 0 Å². The first-order valence-corrected chi connectivity index (χ1v) is 10.7. The molecule has 160 valence electrons. The van der Waals surface area contributed by atoms with Crippen LogP contribution in [0.4, 0.5) is 0 Å². The molecule has 3 heteroatoms. The van der Waals surface area contributed by atoms with Crippen LogP contribution in [0.5, 0.6) is 0 Å². The summed E-state index contributed by atoms with van der Waals surface area (Å²) in [5.41, 5.74) is 8.33. The minimum absolute atomic E-state index is 0. The van der Waals surface area contributed by atoms with Crippen LogP contribution < -0.4 is 24.8 Å². The van der Waals surface area contributed by atoms with Crippen LogP contribution in [-0.2, 0) is 20.0 Å². The van der Waals surface area contributed by atoms with Crippen LogP contribution in [0.25, 0.3) is 21.5 Å². The van der Waals surface area contributed by atoms with Gasteiger partial charge >= 0.3 is 37.6 Å². The first-order chi connectivity index (χ1) is 13.1. The maximum absolute atomic E-state index is 2.26. The van der Waals surface area contributed by atoms with Crippen molar-refractivity contribution in [3.63, 3.8) is 0 Å². The quantitative estimate of drug-likeness (QED) is 0.269. The fourth-order valence-corrected chi connectivity index (χ4v) is 3.35. The average Bonchev–Trinajstić information content (AvgIpc) is 3.05. The predicted molar refractivity (Wildman–Crippen MR) is 124 cm³/mol. The number of fused-ring (bicyclic) bond motifs is 2. The van der Waals surface area contributed by atoms with Crippen molar-refractivity contribution in [3.8, 4) is 0 Å². The SMILES string of the molecule is C[C](C)=[Ti+2].Cc1ccc2[cH-]c(C)c(C)c2c1.Cc1ccc2[cH-]c(C)c(C)c2c1.[Cl-].[Cl-]. The molecule has 0 aliphatic carbocycles. The van der Waals surface area contributed by atoms with E-state index in [9.17, 15) is 0 Å². The number of rotatable bonds is 0. The van der Waals surface area contributed by atoms with E-state index in [0.717, 1.165) is 0 Å². The van der Waals surface area contributed by atoms with Crippen LogP contribution in [0.1, 0.15) is 47.2 Å². The number of aryl methyl sites for hydroxylation is 6. The normalized spacial score (nSPS) is 9.67. The van der Waals surface area contributed by atoms with E-state index in [-0.39, 0.29) is 24.8 Å². The van der Waals surface area contributed by atoms with Gasteiger partial charge in [-0.1, -0.05) is 38.8 Å². The summed E-state index contributed by atoms with van der Waals surface area (Å²) in [5, 5.41) is 5.56. The molecule has 0 saturated carbocycles. The Labute approximate surface area is 206 Å². The van der Waals surface area contributed by atoms with Crippen molar-refractivity contribution in [1.82, 2.24) is 0 Å². The monoisotopic (exact) mass is 474 g/mol. The Balaban J connectivity index is 0.000000452. The van der Waals surface area contributed by atoms with E-state index < -0.39 is 0 Å². The smallest absolute Gasteiger partial charge is 0.0414 e. The fourth-order valence-electron chi connectivity index (χ4n) is 3.35. The number of hydrogen-bond acceptors (Lipinski definition) is 0. The molecule has 0 aromatic heterocycles. The standard InChI is InChI=1S/2C12H13.C3H6.2ClH.Ti/c2*1-8-4-5-11-7-9(2)10(3)12(11)6-8;1-3-2;;;/h2*4-7H,1-3H3;1-2H3;2*1H;/q2*-1;;;;+2/p-2. The van der Waals surface area contributed by atoms with Crippen molar-refractivity contribution in [3.05, 3.63) is 81.9 Å². The van der Waals surface area contributed by atoms with Gasteiger partial charge in [-0.2, -0.15) is 11.1 Å². The van der Waals surface area contributed by atoms with E-state index in [2.05, 4.69) is 124 Å². The van der Waals surface area contributed by atoms with Crippen molar-refractivity contribution in [2.45, 2.75) is 55.4 Å². The maximum Gasteiger partial charge on any atom is -0.0414 e. The Hall–Kier alpha value is -1.18. The van der Waals surface area contributed by atoms with E-state index in [0.29, 0.717) is 0 Å². The van der Waals surface area contributed by atoms with E-state index >= 15 is 0 Å². The predicted octanol–water partition coefficient (Wildman–Crippen LogP) is 1.72. The van der Waals surface area contributed by atoms with Gasteiger partial charge in [0.2, 0.25) is 0 Å². The molecule has 0 aliphatic rings. The van der Waals surface area contributed by atoms with Crippen LogP contribution in [0.15, 0.2) is 48.5 Å². The molecule has 4 aromatic rings. The summed E-state index contributed by atoms with van der Waals surface area (Å²) in [5.74, 6) is 0. The summed E-state index contributed by atoms with van der Waals surface area (Å²) in [6.45, 7) is 17.2. The van der Waals surface area contributed by atoms with E-state index in [1.807, 2.05) is 0 Å². The Morgan fingerprint density at radius 3 is 1.23 bits per heavy atom. The maximum atomic E-state index is 2.26. The second-order valence-corrected chi connectivity index (χ2v) is 9.65. The van der Waals surface area contributed by atoms with Crippen LogP contribution in [0, 0.1) is 41.5 Å². The molecule has 0 aliphatic heterocycles. The van der Waals surface area contributed by atoms with Crippen molar-refractivity contribution >= 4 is 25.4 Å². The van der Waals surface area contributed by atoms with E-state index in [1.54, 1.807) is 0 Å². The molecule has 0 atom stereocenters. The summed E-state index contributed by atoms with van der Waals surface area (Å²) < 4.78 is 1.42. The van der Waals surface area contributed by atoms with Crippen molar-refractivity contribution in [1.29, 1.82) is 0 Å². The Morgan fingerprint density at radius 1 is 0.633 bits per heavy atom. The third kappa shape index (κ3) is 7.50. The second kappa shape index (κ2) is 12.6. The van der Waals surface area contributed by atoms with Gasteiger partial charge in [-0.05, 0) is 13.8 Å². The average molecular weight is 475 g/mol. The topological polar surface area (TPSA) is 0 Å². The Morgan fingerprint density at radius 2 is 0.933 bits per heavy atom. The fraction of sp³-hybridized carbons (Fsp3) is 0.296. The molecule has 0 unspecified atom stereocenters. The van der Waals surface area contributed by atoms with Crippen LogP contribution in [-0.4, -0.2) is 3.81 Å². The zero-order chi connectivity index (χ0) is 21.0. The summed E-state index contributed by atoms with van der Waals surface area (Å²) in [4.78, 5) is 0. The van der Waals surface area contributed by atoms with Gasteiger partial charge in [-0.25, -0.2) is 0 Å². The van der Waals surface area contributed by atoms with Crippen LogP contribution in [0.3, 0.4) is 0 Å². The molecule has 0 saturated heterocycles. The number of halogens is 2. The molecule has 30 heavy (non-hydrogen) atoms. The molecular weight excluding hydrogens is 443 g/mol. The molecule has 4 rings (SSSR count). The van der Waals surface area contributed by atoms with Crippen molar-refractivity contribution < 1.29 is 44.8 Å². The summed E-state index contributed by atoms with van der Waals surface area (Å²) in [6.07, 6.45) is 0. The van der Waals surface area contributed by atoms with Gasteiger partial charge in [-0.3, -0.25) is 0 Å². The second-order valence-electron chi connectivity index (χ2n) is 8.09. The van der Waals surface area contributed by atoms with Crippen LogP contribution >= 0.6 is 0 Å². The van der Waals surface area contributed by atoms with Gasteiger partial charge in [0.25, 0.3) is 0 Å². The molecule has 0 amide bonds. The molecule has 0 spiro atoms. The third-order valence-electron chi connectivity index (χ3n) is 5.15. The number of benzene rings is 2. The molecule has 0 fully saturated rings. The first-order valence-electron chi connectivity index (χ1n) is 9.88. The molecule has 0 N–H and O–H groups in total. The zero-order valence-corrected chi connectivity index (χ0v) is 22.4. The molecule has 0 radical (unpaired) electrons. The van der Waals surface area contributed by atoms with Crippen molar-refractivity contribution in [2.75, 3.05) is 0 Å². The van der Waals surface area contributed by atoms with Gasteiger partial charge in [0.15, 0.2) is 0 Å². The van der Waals surface area contributed by atoms with Gasteiger partial charge < -0.3 is 24.8 Å². The minimum atomic E-state index is 0. The molecule has 0 heterocycles. The third-order valence-corrected chi connectivity index (χ3v) is 5.15. The van der Waals surface area contributed by atoms with Gasteiger partial charge in [0.05, 0.1) is 0 Å². The van der Waals surface area contributed by atoms with E-state index in [1.165, 1.54) is 58.7 Å². The van der Waals surface area contributed by atoms with Gasteiger partial charge in [0, 0.05) is 0 Å². The molecule has 4 aromatic carbocycles.